The third kappa shape index (κ3) is 3.49. The number of benzene rings is 2. The number of aromatic nitrogens is 2. The van der Waals surface area contributed by atoms with Crippen molar-refractivity contribution in [3.05, 3.63) is 59.4 Å². The lowest BCUT2D eigenvalue weighted by atomic mass is 10.1. The Kier molecular flexibility index (Phi) is 5.07. The van der Waals surface area contributed by atoms with Crippen molar-refractivity contribution in [3.8, 4) is 5.75 Å². The lowest BCUT2D eigenvalue weighted by molar-refractivity contribution is -0.129. The van der Waals surface area contributed by atoms with E-state index in [4.69, 9.17) is 9.72 Å². The molecule has 1 fully saturated rings. The molecule has 2 heterocycles. The Hall–Kier alpha value is -2.82. The summed E-state index contributed by atoms with van der Waals surface area (Å²) in [4.78, 5) is 18.9. The van der Waals surface area contributed by atoms with Gasteiger partial charge in [-0.05, 0) is 56.0 Å². The zero-order valence-corrected chi connectivity index (χ0v) is 16.8. The van der Waals surface area contributed by atoms with Crippen LogP contribution in [0.25, 0.3) is 11.0 Å². The number of hydrogen-bond acceptors (Lipinski definition) is 3. The molecule has 1 aliphatic heterocycles. The molecule has 5 nitrogen and oxygen atoms in total. The number of fused-ring (bicyclic) bond motifs is 1. The van der Waals surface area contributed by atoms with E-state index >= 15 is 0 Å². The van der Waals surface area contributed by atoms with E-state index in [1.54, 1.807) is 6.92 Å². The smallest absolute Gasteiger partial charge is 0.220 e. The Bertz CT molecular complexity index is 1010. The Morgan fingerprint density at radius 1 is 1.21 bits per heavy atom. The SMILES string of the molecule is CC(=O)N1CCC[C@@H]1c1nc2ccccc2n1CCOc1cc(C)ccc1C. The Morgan fingerprint density at radius 3 is 2.86 bits per heavy atom. The second-order valence-corrected chi connectivity index (χ2v) is 7.60. The van der Waals surface area contributed by atoms with Crippen LogP contribution in [-0.2, 0) is 11.3 Å². The van der Waals surface area contributed by atoms with Crippen LogP contribution in [0.4, 0.5) is 0 Å². The van der Waals surface area contributed by atoms with Gasteiger partial charge in [0.05, 0.1) is 23.6 Å². The van der Waals surface area contributed by atoms with Crippen molar-refractivity contribution in [3.63, 3.8) is 0 Å². The molecule has 0 radical (unpaired) electrons. The molecule has 146 valence electrons. The zero-order valence-electron chi connectivity index (χ0n) is 16.8. The van der Waals surface area contributed by atoms with Gasteiger partial charge >= 0.3 is 0 Å². The third-order valence-electron chi connectivity index (χ3n) is 5.56. The number of para-hydroxylation sites is 2. The molecule has 2 aromatic carbocycles. The number of carbonyl (C=O) groups excluding carboxylic acids is 1. The van der Waals surface area contributed by atoms with Gasteiger partial charge in [-0.1, -0.05) is 24.3 Å². The highest BCUT2D eigenvalue weighted by Gasteiger charge is 2.32. The first-order chi connectivity index (χ1) is 13.5. The van der Waals surface area contributed by atoms with Crippen LogP contribution >= 0.6 is 0 Å². The minimum atomic E-state index is 0.0469. The van der Waals surface area contributed by atoms with E-state index in [9.17, 15) is 4.79 Å². The summed E-state index contributed by atoms with van der Waals surface area (Å²) in [5.74, 6) is 2.02. The molecular formula is C23H27N3O2. The van der Waals surface area contributed by atoms with E-state index in [0.717, 1.165) is 47.6 Å². The molecule has 3 aromatic rings. The number of nitrogens with zero attached hydrogens (tertiary/aromatic N) is 3. The molecular weight excluding hydrogens is 350 g/mol. The summed E-state index contributed by atoms with van der Waals surface area (Å²) in [5, 5.41) is 0. The van der Waals surface area contributed by atoms with Gasteiger partial charge < -0.3 is 14.2 Å². The number of likely N-dealkylation sites (tertiary alicyclic amines) is 1. The largest absolute Gasteiger partial charge is 0.491 e. The summed E-state index contributed by atoms with van der Waals surface area (Å²) in [7, 11) is 0. The average molecular weight is 377 g/mol. The highest BCUT2D eigenvalue weighted by Crippen LogP contribution is 2.33. The standard InChI is InChI=1S/C23H27N3O2/c1-16-10-11-17(2)22(15-16)28-14-13-26-20-8-5-4-7-19(20)24-23(26)21-9-6-12-25(21)18(3)27/h4-5,7-8,10-11,15,21H,6,9,12-14H2,1-3H3/t21-/m1/s1. The average Bonchev–Trinajstić information content (AvgIpc) is 3.29. The predicted octanol–water partition coefficient (Wildman–Crippen LogP) is 4.42. The van der Waals surface area contributed by atoms with Gasteiger partial charge in [0.15, 0.2) is 0 Å². The van der Waals surface area contributed by atoms with Crippen LogP contribution in [0, 0.1) is 13.8 Å². The maximum atomic E-state index is 12.1. The Balaban J connectivity index is 1.62. The molecule has 1 saturated heterocycles. The summed E-state index contributed by atoms with van der Waals surface area (Å²) in [6, 6.07) is 14.5. The van der Waals surface area contributed by atoms with Gasteiger partial charge in [0.2, 0.25) is 5.91 Å². The molecule has 0 unspecified atom stereocenters. The normalized spacial score (nSPS) is 16.7. The molecule has 1 aliphatic rings. The molecule has 0 spiro atoms. The lowest BCUT2D eigenvalue weighted by Crippen LogP contribution is -2.30. The molecule has 1 amide bonds. The number of aryl methyl sites for hydroxylation is 2. The highest BCUT2D eigenvalue weighted by molar-refractivity contribution is 5.77. The van der Waals surface area contributed by atoms with Gasteiger partial charge in [-0.3, -0.25) is 4.79 Å². The van der Waals surface area contributed by atoms with E-state index in [2.05, 4.69) is 42.7 Å². The summed E-state index contributed by atoms with van der Waals surface area (Å²) in [5.41, 5.74) is 4.40. The van der Waals surface area contributed by atoms with E-state index in [1.807, 2.05) is 23.1 Å². The van der Waals surface area contributed by atoms with Crippen molar-refractivity contribution in [1.82, 2.24) is 14.5 Å². The molecule has 0 aliphatic carbocycles. The molecule has 0 bridgehead atoms. The molecule has 5 heteroatoms. The van der Waals surface area contributed by atoms with Crippen LogP contribution in [0.15, 0.2) is 42.5 Å². The van der Waals surface area contributed by atoms with Gasteiger partial charge in [-0.15, -0.1) is 0 Å². The first-order valence-electron chi connectivity index (χ1n) is 9.97. The summed E-state index contributed by atoms with van der Waals surface area (Å²) in [6.45, 7) is 7.85. The topological polar surface area (TPSA) is 47.4 Å². The van der Waals surface area contributed by atoms with Crippen LogP contribution in [0.2, 0.25) is 0 Å². The molecule has 0 N–H and O–H groups in total. The second kappa shape index (κ2) is 7.66. The number of imidazole rings is 1. The molecule has 0 saturated carbocycles. The van der Waals surface area contributed by atoms with Crippen LogP contribution in [0.1, 0.15) is 42.8 Å². The van der Waals surface area contributed by atoms with Crippen LogP contribution in [0.5, 0.6) is 5.75 Å². The maximum absolute atomic E-state index is 12.1. The second-order valence-electron chi connectivity index (χ2n) is 7.60. The van der Waals surface area contributed by atoms with Gasteiger partial charge in [0.25, 0.3) is 0 Å². The molecule has 1 atom stereocenters. The fourth-order valence-corrected chi connectivity index (χ4v) is 4.11. The minimum Gasteiger partial charge on any atom is -0.491 e. The van der Waals surface area contributed by atoms with Crippen LogP contribution in [0.3, 0.4) is 0 Å². The fourth-order valence-electron chi connectivity index (χ4n) is 4.11. The van der Waals surface area contributed by atoms with Gasteiger partial charge in [-0.2, -0.15) is 0 Å². The van der Waals surface area contributed by atoms with Gasteiger partial charge in [-0.25, -0.2) is 4.98 Å². The summed E-state index contributed by atoms with van der Waals surface area (Å²) < 4.78 is 8.33. The van der Waals surface area contributed by atoms with Crippen molar-refractivity contribution in [2.75, 3.05) is 13.2 Å². The molecule has 28 heavy (non-hydrogen) atoms. The van der Waals surface area contributed by atoms with Crippen molar-refractivity contribution in [2.24, 2.45) is 0 Å². The first kappa shape index (κ1) is 18.5. The van der Waals surface area contributed by atoms with E-state index in [1.165, 1.54) is 5.56 Å². The minimum absolute atomic E-state index is 0.0469. The van der Waals surface area contributed by atoms with E-state index in [0.29, 0.717) is 13.2 Å². The Labute approximate surface area is 165 Å². The Morgan fingerprint density at radius 2 is 2.04 bits per heavy atom. The van der Waals surface area contributed by atoms with Gasteiger partial charge in [0, 0.05) is 13.5 Å². The number of rotatable bonds is 5. The van der Waals surface area contributed by atoms with Gasteiger partial charge in [0.1, 0.15) is 18.2 Å². The zero-order chi connectivity index (χ0) is 19.7. The highest BCUT2D eigenvalue weighted by atomic mass is 16.5. The maximum Gasteiger partial charge on any atom is 0.220 e. The molecule has 1 aromatic heterocycles. The van der Waals surface area contributed by atoms with E-state index in [-0.39, 0.29) is 11.9 Å². The number of amides is 1. The first-order valence-corrected chi connectivity index (χ1v) is 9.97. The quantitative estimate of drug-likeness (QED) is 0.661. The van der Waals surface area contributed by atoms with Crippen molar-refractivity contribution >= 4 is 16.9 Å². The van der Waals surface area contributed by atoms with E-state index < -0.39 is 0 Å². The monoisotopic (exact) mass is 377 g/mol. The predicted molar refractivity (Wildman–Crippen MR) is 111 cm³/mol. The van der Waals surface area contributed by atoms with Crippen molar-refractivity contribution in [1.29, 1.82) is 0 Å². The number of hydrogen-bond donors (Lipinski definition) is 0. The fraction of sp³-hybridized carbons (Fsp3) is 0.391. The number of ether oxygens (including phenoxy) is 1. The molecule has 4 rings (SSSR count). The van der Waals surface area contributed by atoms with Crippen LogP contribution < -0.4 is 4.74 Å². The summed E-state index contributed by atoms with van der Waals surface area (Å²) in [6.07, 6.45) is 1.98. The van der Waals surface area contributed by atoms with Crippen molar-refractivity contribution < 1.29 is 9.53 Å². The third-order valence-corrected chi connectivity index (χ3v) is 5.56. The van der Waals surface area contributed by atoms with Crippen LogP contribution in [-0.4, -0.2) is 33.5 Å². The lowest BCUT2D eigenvalue weighted by Gasteiger charge is -2.24. The number of carbonyl (C=O) groups is 1. The van der Waals surface area contributed by atoms with Crippen molar-refractivity contribution in [2.45, 2.75) is 46.2 Å². The summed E-state index contributed by atoms with van der Waals surface area (Å²) >= 11 is 0.